The molecule has 34 heavy (non-hydrogen) atoms. The first kappa shape index (κ1) is 24.5. The summed E-state index contributed by atoms with van der Waals surface area (Å²) in [5, 5.41) is 2.91. The maximum absolute atomic E-state index is 13.6. The predicted molar refractivity (Wildman–Crippen MR) is 129 cm³/mol. The minimum atomic E-state index is -0.919. The van der Waals surface area contributed by atoms with E-state index in [4.69, 9.17) is 9.47 Å². The molecule has 2 amide bonds. The third-order valence-electron chi connectivity index (χ3n) is 6.75. The van der Waals surface area contributed by atoms with Crippen LogP contribution in [0, 0.1) is 31.6 Å². The molecule has 5 atom stereocenters. The van der Waals surface area contributed by atoms with Gasteiger partial charge in [0.2, 0.25) is 5.91 Å². The van der Waals surface area contributed by atoms with Crippen molar-refractivity contribution < 1.29 is 23.9 Å². The van der Waals surface area contributed by atoms with Crippen LogP contribution in [0.1, 0.15) is 52.2 Å². The Balaban J connectivity index is 1.58. The molecule has 1 N–H and O–H groups in total. The van der Waals surface area contributed by atoms with Crippen molar-refractivity contribution in [3.63, 3.8) is 0 Å². The summed E-state index contributed by atoms with van der Waals surface area (Å²) in [6.07, 6.45) is 2.74. The SMILES string of the molecule is Cc1ccc(N2C[C@@]34C=C[C@@H](O3)[C@H](C(=O)O[C@H](CC(C)C)C(=O)NC(C)(C)C)[C@H]4C2=O)c(C)c1. The average Bonchev–Trinajstić information content (AvgIpc) is 3.34. The van der Waals surface area contributed by atoms with Gasteiger partial charge in [0.15, 0.2) is 6.10 Å². The van der Waals surface area contributed by atoms with E-state index in [1.54, 1.807) is 4.90 Å². The monoisotopic (exact) mass is 468 g/mol. The molecule has 0 aromatic heterocycles. The Labute approximate surface area is 201 Å². The normalized spacial score (nSPS) is 28.4. The minimum Gasteiger partial charge on any atom is -0.452 e. The van der Waals surface area contributed by atoms with E-state index in [0.29, 0.717) is 13.0 Å². The van der Waals surface area contributed by atoms with Crippen molar-refractivity contribution in [2.24, 2.45) is 17.8 Å². The van der Waals surface area contributed by atoms with E-state index >= 15 is 0 Å². The van der Waals surface area contributed by atoms with Crippen LogP contribution in [0.15, 0.2) is 30.4 Å². The van der Waals surface area contributed by atoms with E-state index in [-0.39, 0.29) is 17.7 Å². The summed E-state index contributed by atoms with van der Waals surface area (Å²) in [5.41, 5.74) is 1.65. The Bertz CT molecular complexity index is 1040. The first-order valence-corrected chi connectivity index (χ1v) is 12.1. The van der Waals surface area contributed by atoms with E-state index in [2.05, 4.69) is 5.32 Å². The zero-order valence-corrected chi connectivity index (χ0v) is 21.2. The van der Waals surface area contributed by atoms with Crippen molar-refractivity contribution in [3.05, 3.63) is 41.5 Å². The lowest BCUT2D eigenvalue weighted by Gasteiger charge is -2.28. The van der Waals surface area contributed by atoms with Crippen LogP contribution in [0.5, 0.6) is 0 Å². The van der Waals surface area contributed by atoms with Gasteiger partial charge in [-0.3, -0.25) is 14.4 Å². The van der Waals surface area contributed by atoms with Crippen molar-refractivity contribution in [2.45, 2.75) is 78.2 Å². The average molecular weight is 469 g/mol. The Hall–Kier alpha value is -2.67. The topological polar surface area (TPSA) is 84.9 Å². The van der Waals surface area contributed by atoms with Gasteiger partial charge in [-0.2, -0.15) is 0 Å². The summed E-state index contributed by atoms with van der Waals surface area (Å²) in [7, 11) is 0. The largest absolute Gasteiger partial charge is 0.452 e. The van der Waals surface area contributed by atoms with Crippen molar-refractivity contribution in [1.82, 2.24) is 5.32 Å². The highest BCUT2D eigenvalue weighted by Crippen LogP contribution is 2.53. The zero-order chi connectivity index (χ0) is 25.0. The lowest BCUT2D eigenvalue weighted by atomic mass is 9.77. The molecule has 3 heterocycles. The number of hydrogen-bond acceptors (Lipinski definition) is 5. The van der Waals surface area contributed by atoms with Gasteiger partial charge in [0, 0.05) is 11.2 Å². The molecule has 0 aliphatic carbocycles. The Morgan fingerprint density at radius 1 is 1.26 bits per heavy atom. The number of carbonyl (C=O) groups is 3. The van der Waals surface area contributed by atoms with Crippen molar-refractivity contribution in [3.8, 4) is 0 Å². The van der Waals surface area contributed by atoms with Gasteiger partial charge in [0.05, 0.1) is 18.6 Å². The van der Waals surface area contributed by atoms with Gasteiger partial charge in [0.25, 0.3) is 5.91 Å². The molecule has 2 fully saturated rings. The highest BCUT2D eigenvalue weighted by molar-refractivity contribution is 6.03. The fourth-order valence-corrected chi connectivity index (χ4v) is 5.39. The number of anilines is 1. The second-order valence-electron chi connectivity index (χ2n) is 11.4. The molecule has 1 aromatic carbocycles. The van der Waals surface area contributed by atoms with Crippen LogP contribution in [0.25, 0.3) is 0 Å². The number of carbonyl (C=O) groups excluding carboxylic acids is 3. The minimum absolute atomic E-state index is 0.139. The number of amides is 2. The van der Waals surface area contributed by atoms with E-state index in [1.807, 2.05) is 78.8 Å². The van der Waals surface area contributed by atoms with Crippen molar-refractivity contribution in [1.29, 1.82) is 0 Å². The molecular formula is C27H36N2O5. The summed E-state index contributed by atoms with van der Waals surface area (Å²) in [6, 6.07) is 5.96. The molecule has 2 saturated heterocycles. The third kappa shape index (κ3) is 4.38. The maximum atomic E-state index is 13.6. The van der Waals surface area contributed by atoms with E-state index in [0.717, 1.165) is 16.8 Å². The first-order valence-electron chi connectivity index (χ1n) is 12.1. The van der Waals surface area contributed by atoms with Crippen LogP contribution in [0.4, 0.5) is 5.69 Å². The lowest BCUT2D eigenvalue weighted by Crippen LogP contribution is -2.49. The summed E-state index contributed by atoms with van der Waals surface area (Å²) >= 11 is 0. The second-order valence-corrected chi connectivity index (χ2v) is 11.4. The Morgan fingerprint density at radius 2 is 1.97 bits per heavy atom. The molecule has 7 nitrogen and oxygen atoms in total. The number of nitrogens with zero attached hydrogens (tertiary/aromatic N) is 1. The van der Waals surface area contributed by atoms with E-state index in [1.165, 1.54) is 0 Å². The van der Waals surface area contributed by atoms with Gasteiger partial charge in [0.1, 0.15) is 11.5 Å². The summed E-state index contributed by atoms with van der Waals surface area (Å²) in [5.74, 6) is -2.30. The first-order chi connectivity index (χ1) is 15.8. The summed E-state index contributed by atoms with van der Waals surface area (Å²) in [4.78, 5) is 41.7. The number of benzene rings is 1. The molecule has 3 aliphatic rings. The second kappa shape index (κ2) is 8.52. The van der Waals surface area contributed by atoms with Crippen LogP contribution in [-0.4, -0.2) is 47.7 Å². The molecule has 0 radical (unpaired) electrons. The number of hydrogen-bond donors (Lipinski definition) is 1. The number of rotatable bonds is 6. The number of nitrogens with one attached hydrogen (secondary N) is 1. The maximum Gasteiger partial charge on any atom is 0.313 e. The zero-order valence-electron chi connectivity index (χ0n) is 21.2. The van der Waals surface area contributed by atoms with Crippen molar-refractivity contribution in [2.75, 3.05) is 11.4 Å². The van der Waals surface area contributed by atoms with Crippen molar-refractivity contribution >= 4 is 23.5 Å². The third-order valence-corrected chi connectivity index (χ3v) is 6.75. The summed E-state index contributed by atoms with van der Waals surface area (Å²) in [6.45, 7) is 14.0. The highest BCUT2D eigenvalue weighted by atomic mass is 16.6. The quantitative estimate of drug-likeness (QED) is 0.511. The number of aryl methyl sites for hydroxylation is 2. The lowest BCUT2D eigenvalue weighted by molar-refractivity contribution is -0.163. The molecule has 3 aliphatic heterocycles. The molecule has 1 spiro atoms. The predicted octanol–water partition coefficient (Wildman–Crippen LogP) is 3.46. The van der Waals surface area contributed by atoms with Gasteiger partial charge in [-0.05, 0) is 58.6 Å². The molecule has 7 heteroatoms. The van der Waals surface area contributed by atoms with E-state index in [9.17, 15) is 14.4 Å². The van der Waals surface area contributed by atoms with Crippen LogP contribution in [0.3, 0.4) is 0 Å². The Kier molecular flexibility index (Phi) is 6.13. The smallest absolute Gasteiger partial charge is 0.313 e. The molecule has 0 unspecified atom stereocenters. The molecule has 0 saturated carbocycles. The number of esters is 1. The molecular weight excluding hydrogens is 432 g/mol. The molecule has 184 valence electrons. The number of fused-ring (bicyclic) bond motifs is 1. The fourth-order valence-electron chi connectivity index (χ4n) is 5.39. The summed E-state index contributed by atoms with van der Waals surface area (Å²) < 4.78 is 12.0. The van der Waals surface area contributed by atoms with Crippen LogP contribution in [-0.2, 0) is 23.9 Å². The molecule has 2 bridgehead atoms. The van der Waals surface area contributed by atoms with Crippen LogP contribution < -0.4 is 10.2 Å². The van der Waals surface area contributed by atoms with Crippen LogP contribution >= 0.6 is 0 Å². The number of ether oxygens (including phenoxy) is 2. The van der Waals surface area contributed by atoms with Gasteiger partial charge in [-0.15, -0.1) is 0 Å². The van der Waals surface area contributed by atoms with Gasteiger partial charge in [-0.1, -0.05) is 43.7 Å². The Morgan fingerprint density at radius 3 is 2.59 bits per heavy atom. The standard InChI is InChI=1S/C27H36N2O5/c1-15(2)12-20(23(30)28-26(5,6)7)33-25(32)21-19-10-11-27(34-19)14-29(24(31)22(21)27)18-9-8-16(3)13-17(18)4/h8-11,13,15,19-22H,12,14H2,1-7H3,(H,28,30)/t19-,20-,21+,22+,27-/m1/s1. The fraction of sp³-hybridized carbons (Fsp3) is 0.593. The molecule has 4 rings (SSSR count). The van der Waals surface area contributed by atoms with Gasteiger partial charge in [-0.25, -0.2) is 0 Å². The van der Waals surface area contributed by atoms with Gasteiger partial charge < -0.3 is 19.7 Å². The molecule has 1 aromatic rings. The van der Waals surface area contributed by atoms with Crippen LogP contribution in [0.2, 0.25) is 0 Å². The van der Waals surface area contributed by atoms with Gasteiger partial charge >= 0.3 is 5.97 Å². The van der Waals surface area contributed by atoms with E-state index < -0.39 is 41.2 Å². The highest BCUT2D eigenvalue weighted by Gasteiger charge is 2.67.